The molecule has 3 N–H and O–H groups in total. The number of hydrogen-bond donors (Lipinski definition) is 2. The zero-order valence-electron chi connectivity index (χ0n) is 12.3. The number of carbonyl (C=O) groups is 1. The normalized spacial score (nSPS) is 13.6. The lowest BCUT2D eigenvalue weighted by Gasteiger charge is -2.17. The molecule has 112 valence electrons. The van der Waals surface area contributed by atoms with Crippen LogP contribution in [-0.2, 0) is 11.2 Å². The Morgan fingerprint density at radius 3 is 2.50 bits per heavy atom. The minimum absolute atomic E-state index is 0.105. The summed E-state index contributed by atoms with van der Waals surface area (Å²) < 4.78 is 10.7. The summed E-state index contributed by atoms with van der Waals surface area (Å²) >= 11 is 0. The van der Waals surface area contributed by atoms with Gasteiger partial charge in [-0.3, -0.25) is 0 Å². The van der Waals surface area contributed by atoms with Crippen LogP contribution in [0, 0.1) is 0 Å². The Hall–Kier alpha value is -1.75. The van der Waals surface area contributed by atoms with E-state index in [1.807, 2.05) is 19.1 Å². The van der Waals surface area contributed by atoms with Gasteiger partial charge in [0, 0.05) is 6.04 Å². The molecule has 1 rings (SSSR count). The molecule has 1 aromatic rings. The molecule has 0 radical (unpaired) electrons. The van der Waals surface area contributed by atoms with E-state index in [4.69, 9.17) is 20.3 Å². The molecule has 2 atom stereocenters. The second-order valence-corrected chi connectivity index (χ2v) is 4.71. The second kappa shape index (κ2) is 7.75. The largest absolute Gasteiger partial charge is 0.493 e. The van der Waals surface area contributed by atoms with E-state index in [0.717, 1.165) is 18.4 Å². The van der Waals surface area contributed by atoms with Gasteiger partial charge in [0.25, 0.3) is 0 Å². The number of nitrogens with two attached hydrogens (primary N) is 1. The van der Waals surface area contributed by atoms with Gasteiger partial charge in [0.15, 0.2) is 17.6 Å². The van der Waals surface area contributed by atoms with Crippen molar-refractivity contribution in [3.05, 3.63) is 23.8 Å². The van der Waals surface area contributed by atoms with Gasteiger partial charge in [-0.1, -0.05) is 19.9 Å². The number of carboxylic acids is 1. The van der Waals surface area contributed by atoms with Crippen LogP contribution in [0.5, 0.6) is 11.5 Å². The van der Waals surface area contributed by atoms with E-state index in [1.165, 1.54) is 7.11 Å². The Morgan fingerprint density at radius 1 is 1.30 bits per heavy atom. The smallest absolute Gasteiger partial charge is 0.344 e. The minimum atomic E-state index is -0.980. The summed E-state index contributed by atoms with van der Waals surface area (Å²) in [4.78, 5) is 11.0. The van der Waals surface area contributed by atoms with Gasteiger partial charge in [-0.15, -0.1) is 0 Å². The number of aliphatic carboxylic acids is 1. The van der Waals surface area contributed by atoms with Gasteiger partial charge in [-0.25, -0.2) is 4.79 Å². The predicted molar refractivity (Wildman–Crippen MR) is 77.3 cm³/mol. The third-order valence-corrected chi connectivity index (χ3v) is 3.17. The lowest BCUT2D eigenvalue weighted by molar-refractivity contribution is -0.145. The van der Waals surface area contributed by atoms with Crippen LogP contribution in [0.25, 0.3) is 0 Å². The number of benzene rings is 1. The van der Waals surface area contributed by atoms with Crippen molar-refractivity contribution in [2.24, 2.45) is 5.73 Å². The molecule has 0 amide bonds. The molecule has 0 saturated heterocycles. The highest BCUT2D eigenvalue weighted by Crippen LogP contribution is 2.30. The van der Waals surface area contributed by atoms with Crippen molar-refractivity contribution in [2.75, 3.05) is 7.11 Å². The first-order valence-electron chi connectivity index (χ1n) is 6.83. The van der Waals surface area contributed by atoms with Crippen LogP contribution < -0.4 is 15.2 Å². The zero-order valence-corrected chi connectivity index (χ0v) is 12.3. The maximum Gasteiger partial charge on any atom is 0.344 e. The maximum atomic E-state index is 11.0. The third-order valence-electron chi connectivity index (χ3n) is 3.17. The van der Waals surface area contributed by atoms with E-state index in [0.29, 0.717) is 17.9 Å². The number of rotatable bonds is 8. The van der Waals surface area contributed by atoms with E-state index in [9.17, 15) is 4.79 Å². The van der Waals surface area contributed by atoms with Crippen LogP contribution in [0.4, 0.5) is 0 Å². The molecular formula is C15H23NO4. The molecule has 20 heavy (non-hydrogen) atoms. The van der Waals surface area contributed by atoms with Gasteiger partial charge < -0.3 is 20.3 Å². The summed E-state index contributed by atoms with van der Waals surface area (Å²) in [5, 5.41) is 9.02. The number of hydrogen-bond acceptors (Lipinski definition) is 4. The quantitative estimate of drug-likeness (QED) is 0.763. The summed E-state index contributed by atoms with van der Waals surface area (Å²) in [5.41, 5.74) is 6.97. The number of carboxylic acid groups (broad SMARTS) is 1. The Balaban J connectivity index is 2.90. The maximum absolute atomic E-state index is 11.0. The Morgan fingerprint density at radius 2 is 2.00 bits per heavy atom. The molecule has 0 aromatic heterocycles. The van der Waals surface area contributed by atoms with Crippen molar-refractivity contribution in [3.8, 4) is 11.5 Å². The summed E-state index contributed by atoms with van der Waals surface area (Å²) in [6.45, 7) is 3.80. The average Bonchev–Trinajstić information content (AvgIpc) is 2.44. The first-order chi connectivity index (χ1) is 9.51. The topological polar surface area (TPSA) is 81.8 Å². The van der Waals surface area contributed by atoms with Gasteiger partial charge in [0.1, 0.15) is 0 Å². The second-order valence-electron chi connectivity index (χ2n) is 4.71. The van der Waals surface area contributed by atoms with Crippen LogP contribution in [0.1, 0.15) is 32.3 Å². The first-order valence-corrected chi connectivity index (χ1v) is 6.83. The summed E-state index contributed by atoms with van der Waals surface area (Å²) in [6, 6.07) is 5.58. The molecule has 5 heteroatoms. The van der Waals surface area contributed by atoms with Crippen molar-refractivity contribution in [1.82, 2.24) is 0 Å². The fraction of sp³-hybridized carbons (Fsp3) is 0.533. The van der Waals surface area contributed by atoms with Crippen molar-refractivity contribution in [1.29, 1.82) is 0 Å². The van der Waals surface area contributed by atoms with Gasteiger partial charge >= 0.3 is 5.97 Å². The standard InChI is InChI=1S/C15H23NO4/c1-4-11(16)8-10-6-7-13(14(9-10)19-3)20-12(5-2)15(17)18/h6-7,9,11-12H,4-5,8,16H2,1-3H3,(H,17,18). The molecule has 0 aliphatic rings. The lowest BCUT2D eigenvalue weighted by Crippen LogP contribution is -2.26. The Bertz CT molecular complexity index is 447. The van der Waals surface area contributed by atoms with Crippen molar-refractivity contribution < 1.29 is 19.4 Å². The van der Waals surface area contributed by atoms with Crippen molar-refractivity contribution in [3.63, 3.8) is 0 Å². The van der Waals surface area contributed by atoms with Crippen LogP contribution >= 0.6 is 0 Å². The van der Waals surface area contributed by atoms with Crippen molar-refractivity contribution >= 4 is 5.97 Å². The number of ether oxygens (including phenoxy) is 2. The third kappa shape index (κ3) is 4.42. The molecule has 0 bridgehead atoms. The molecule has 0 saturated carbocycles. The minimum Gasteiger partial charge on any atom is -0.493 e. The number of methoxy groups -OCH3 is 1. The average molecular weight is 281 g/mol. The summed E-state index contributed by atoms with van der Waals surface area (Å²) in [5.74, 6) is -0.00675. The molecule has 0 aliphatic heterocycles. The fourth-order valence-electron chi connectivity index (χ4n) is 1.85. The van der Waals surface area contributed by atoms with Crippen molar-refractivity contribution in [2.45, 2.75) is 45.3 Å². The van der Waals surface area contributed by atoms with E-state index < -0.39 is 12.1 Å². The first kappa shape index (κ1) is 16.3. The van der Waals surface area contributed by atoms with E-state index >= 15 is 0 Å². The van der Waals surface area contributed by atoms with Gasteiger partial charge in [-0.05, 0) is 37.0 Å². The highest BCUT2D eigenvalue weighted by atomic mass is 16.5. The highest BCUT2D eigenvalue weighted by Gasteiger charge is 2.19. The fourth-order valence-corrected chi connectivity index (χ4v) is 1.85. The molecule has 0 fully saturated rings. The van der Waals surface area contributed by atoms with Crippen LogP contribution in [0.2, 0.25) is 0 Å². The van der Waals surface area contributed by atoms with Crippen LogP contribution in [0.3, 0.4) is 0 Å². The predicted octanol–water partition coefficient (Wildman–Crippen LogP) is 2.22. The zero-order chi connectivity index (χ0) is 15.1. The molecule has 5 nitrogen and oxygen atoms in total. The molecule has 0 aliphatic carbocycles. The molecule has 0 heterocycles. The molecular weight excluding hydrogens is 258 g/mol. The van der Waals surface area contributed by atoms with Gasteiger partial charge in [-0.2, -0.15) is 0 Å². The Kier molecular flexibility index (Phi) is 6.31. The van der Waals surface area contributed by atoms with E-state index in [-0.39, 0.29) is 6.04 Å². The lowest BCUT2D eigenvalue weighted by atomic mass is 10.0. The molecule has 1 aromatic carbocycles. The molecule has 2 unspecified atom stereocenters. The monoisotopic (exact) mass is 281 g/mol. The van der Waals surface area contributed by atoms with Gasteiger partial charge in [0.2, 0.25) is 0 Å². The highest BCUT2D eigenvalue weighted by molar-refractivity contribution is 5.72. The SMILES string of the molecule is CCC(N)Cc1ccc(OC(CC)C(=O)O)c(OC)c1. The summed E-state index contributed by atoms with van der Waals surface area (Å²) in [7, 11) is 1.54. The van der Waals surface area contributed by atoms with Crippen LogP contribution in [-0.4, -0.2) is 30.3 Å². The Labute approximate surface area is 119 Å². The molecule has 0 spiro atoms. The van der Waals surface area contributed by atoms with E-state index in [1.54, 1.807) is 13.0 Å². The summed E-state index contributed by atoms with van der Waals surface area (Å²) in [6.07, 6.45) is 1.18. The van der Waals surface area contributed by atoms with Gasteiger partial charge in [0.05, 0.1) is 7.11 Å². The van der Waals surface area contributed by atoms with E-state index in [2.05, 4.69) is 0 Å². The van der Waals surface area contributed by atoms with Crippen LogP contribution in [0.15, 0.2) is 18.2 Å².